The SMILES string of the molecule is Cc1ccc2oc(C(F)(F)F)cc(=O)c2c1C(=O)O. The number of aryl methyl sites for hydroxylation is 1. The standard InChI is InChI=1S/C12H7F3O4/c1-5-2-3-7-10(9(5)11(17)18)6(16)4-8(19-7)12(13,14)15/h2-4H,1H3,(H,17,18). The Bertz CT molecular complexity index is 728. The summed E-state index contributed by atoms with van der Waals surface area (Å²) in [6.07, 6.45) is -4.80. The Kier molecular flexibility index (Phi) is 2.84. The molecule has 4 nitrogen and oxygen atoms in total. The van der Waals surface area contributed by atoms with Crippen LogP contribution in [-0.2, 0) is 6.18 Å². The van der Waals surface area contributed by atoms with Crippen LogP contribution in [0.15, 0.2) is 27.4 Å². The molecule has 0 atom stereocenters. The van der Waals surface area contributed by atoms with E-state index in [1.54, 1.807) is 0 Å². The van der Waals surface area contributed by atoms with Gasteiger partial charge in [0.25, 0.3) is 0 Å². The first-order valence-electron chi connectivity index (χ1n) is 5.10. The van der Waals surface area contributed by atoms with Crippen molar-refractivity contribution in [2.45, 2.75) is 13.1 Å². The number of hydrogen-bond acceptors (Lipinski definition) is 3. The molecule has 0 spiro atoms. The number of carbonyl (C=O) groups is 1. The molecule has 0 unspecified atom stereocenters. The van der Waals surface area contributed by atoms with Crippen molar-refractivity contribution in [3.63, 3.8) is 0 Å². The van der Waals surface area contributed by atoms with Gasteiger partial charge in [-0.25, -0.2) is 4.79 Å². The van der Waals surface area contributed by atoms with Crippen LogP contribution in [0.1, 0.15) is 21.7 Å². The van der Waals surface area contributed by atoms with Gasteiger partial charge in [0.1, 0.15) is 5.58 Å². The number of alkyl halides is 3. The molecule has 100 valence electrons. The van der Waals surface area contributed by atoms with Gasteiger partial charge in [-0.2, -0.15) is 13.2 Å². The highest BCUT2D eigenvalue weighted by Crippen LogP contribution is 2.31. The number of fused-ring (bicyclic) bond motifs is 1. The molecule has 1 N–H and O–H groups in total. The predicted molar refractivity (Wildman–Crippen MR) is 59.2 cm³/mol. The number of carboxylic acid groups (broad SMARTS) is 1. The molecule has 2 aromatic rings. The van der Waals surface area contributed by atoms with Gasteiger partial charge in [-0.3, -0.25) is 4.79 Å². The first kappa shape index (κ1) is 13.1. The Labute approximate surface area is 104 Å². The predicted octanol–water partition coefficient (Wildman–Crippen LogP) is 2.82. The summed E-state index contributed by atoms with van der Waals surface area (Å²) in [7, 11) is 0. The molecule has 0 saturated carbocycles. The summed E-state index contributed by atoms with van der Waals surface area (Å²) in [4.78, 5) is 22.8. The molecular weight excluding hydrogens is 265 g/mol. The maximum absolute atomic E-state index is 12.5. The third-order valence-corrected chi connectivity index (χ3v) is 2.60. The highest BCUT2D eigenvalue weighted by molar-refractivity contribution is 6.03. The maximum atomic E-state index is 12.5. The summed E-state index contributed by atoms with van der Waals surface area (Å²) in [6, 6.07) is 2.69. The zero-order valence-electron chi connectivity index (χ0n) is 9.54. The lowest BCUT2D eigenvalue weighted by Gasteiger charge is -2.08. The van der Waals surface area contributed by atoms with Crippen molar-refractivity contribution in [2.75, 3.05) is 0 Å². The minimum Gasteiger partial charge on any atom is -0.478 e. The van der Waals surface area contributed by atoms with E-state index in [4.69, 9.17) is 5.11 Å². The van der Waals surface area contributed by atoms with Crippen LogP contribution < -0.4 is 5.43 Å². The molecule has 1 heterocycles. The van der Waals surface area contributed by atoms with Crippen molar-refractivity contribution in [3.05, 3.63) is 45.3 Å². The fraction of sp³-hybridized carbons (Fsp3) is 0.167. The monoisotopic (exact) mass is 272 g/mol. The maximum Gasteiger partial charge on any atom is 0.449 e. The fourth-order valence-corrected chi connectivity index (χ4v) is 1.77. The second-order valence-electron chi connectivity index (χ2n) is 3.91. The molecule has 0 fully saturated rings. The summed E-state index contributed by atoms with van der Waals surface area (Å²) < 4.78 is 42.0. The van der Waals surface area contributed by atoms with Gasteiger partial charge in [0.2, 0.25) is 5.76 Å². The summed E-state index contributed by atoms with van der Waals surface area (Å²) >= 11 is 0. The molecule has 0 aliphatic heterocycles. The summed E-state index contributed by atoms with van der Waals surface area (Å²) in [5.74, 6) is -2.85. The van der Waals surface area contributed by atoms with E-state index in [1.807, 2.05) is 0 Å². The van der Waals surface area contributed by atoms with E-state index in [0.717, 1.165) is 6.07 Å². The second-order valence-corrected chi connectivity index (χ2v) is 3.91. The molecule has 0 radical (unpaired) electrons. The zero-order valence-corrected chi connectivity index (χ0v) is 9.54. The number of carboxylic acids is 1. The average molecular weight is 272 g/mol. The minimum absolute atomic E-state index is 0.258. The van der Waals surface area contributed by atoms with E-state index in [2.05, 4.69) is 4.42 Å². The van der Waals surface area contributed by atoms with Crippen LogP contribution >= 0.6 is 0 Å². The van der Waals surface area contributed by atoms with Gasteiger partial charge < -0.3 is 9.52 Å². The van der Waals surface area contributed by atoms with E-state index in [1.165, 1.54) is 13.0 Å². The fourth-order valence-electron chi connectivity index (χ4n) is 1.77. The topological polar surface area (TPSA) is 67.5 Å². The molecule has 0 aliphatic carbocycles. The Hall–Kier alpha value is -2.31. The Balaban J connectivity index is 2.92. The molecule has 0 amide bonds. The van der Waals surface area contributed by atoms with Gasteiger partial charge in [-0.1, -0.05) is 6.07 Å². The molecule has 0 saturated heterocycles. The molecule has 1 aromatic heterocycles. The number of benzene rings is 1. The van der Waals surface area contributed by atoms with Crippen molar-refractivity contribution < 1.29 is 27.5 Å². The van der Waals surface area contributed by atoms with Crippen LogP contribution in [-0.4, -0.2) is 11.1 Å². The lowest BCUT2D eigenvalue weighted by atomic mass is 10.0. The van der Waals surface area contributed by atoms with Crippen LogP contribution in [0, 0.1) is 6.92 Å². The molecule has 2 rings (SSSR count). The first-order valence-corrected chi connectivity index (χ1v) is 5.10. The molecule has 19 heavy (non-hydrogen) atoms. The van der Waals surface area contributed by atoms with Gasteiger partial charge in [0.15, 0.2) is 5.43 Å². The van der Waals surface area contributed by atoms with Gasteiger partial charge in [0.05, 0.1) is 10.9 Å². The van der Waals surface area contributed by atoms with Crippen LogP contribution in [0.5, 0.6) is 0 Å². The lowest BCUT2D eigenvalue weighted by Crippen LogP contribution is -2.14. The Morgan fingerprint density at radius 2 is 1.95 bits per heavy atom. The Morgan fingerprint density at radius 3 is 2.47 bits per heavy atom. The van der Waals surface area contributed by atoms with Gasteiger partial charge in [-0.15, -0.1) is 0 Å². The van der Waals surface area contributed by atoms with Crippen LogP contribution in [0.25, 0.3) is 11.0 Å². The molecule has 7 heteroatoms. The normalized spacial score (nSPS) is 11.8. The number of rotatable bonds is 1. The van der Waals surface area contributed by atoms with Gasteiger partial charge in [-0.05, 0) is 18.6 Å². The van der Waals surface area contributed by atoms with Crippen LogP contribution in [0.2, 0.25) is 0 Å². The highest BCUT2D eigenvalue weighted by Gasteiger charge is 2.35. The van der Waals surface area contributed by atoms with Crippen molar-refractivity contribution >= 4 is 16.9 Å². The largest absolute Gasteiger partial charge is 0.478 e. The summed E-state index contributed by atoms with van der Waals surface area (Å²) in [5, 5.41) is 8.65. The van der Waals surface area contributed by atoms with Gasteiger partial charge >= 0.3 is 12.1 Å². The third kappa shape index (κ3) is 2.18. The Morgan fingerprint density at radius 1 is 1.32 bits per heavy atom. The van der Waals surface area contributed by atoms with E-state index >= 15 is 0 Å². The quantitative estimate of drug-likeness (QED) is 0.866. The number of hydrogen-bond donors (Lipinski definition) is 1. The van der Waals surface area contributed by atoms with E-state index in [-0.39, 0.29) is 22.6 Å². The zero-order chi connectivity index (χ0) is 14.4. The van der Waals surface area contributed by atoms with Crippen molar-refractivity contribution in [1.82, 2.24) is 0 Å². The number of halogens is 3. The van der Waals surface area contributed by atoms with E-state index < -0.39 is 28.9 Å². The smallest absolute Gasteiger partial charge is 0.449 e. The highest BCUT2D eigenvalue weighted by atomic mass is 19.4. The van der Waals surface area contributed by atoms with Crippen LogP contribution in [0.4, 0.5) is 13.2 Å². The molecule has 0 bridgehead atoms. The summed E-state index contributed by atoms with van der Waals surface area (Å²) in [6.45, 7) is 1.44. The summed E-state index contributed by atoms with van der Waals surface area (Å²) in [5.41, 5.74) is -1.51. The van der Waals surface area contributed by atoms with Crippen LogP contribution in [0.3, 0.4) is 0 Å². The van der Waals surface area contributed by atoms with E-state index in [0.29, 0.717) is 0 Å². The molecule has 0 aliphatic rings. The van der Waals surface area contributed by atoms with Crippen molar-refractivity contribution in [2.24, 2.45) is 0 Å². The average Bonchev–Trinajstić information content (AvgIpc) is 2.27. The van der Waals surface area contributed by atoms with Crippen molar-refractivity contribution in [1.29, 1.82) is 0 Å². The second kappa shape index (κ2) is 4.11. The first-order chi connectivity index (χ1) is 8.71. The minimum atomic E-state index is -4.80. The van der Waals surface area contributed by atoms with Gasteiger partial charge in [0, 0.05) is 6.07 Å². The molecule has 1 aromatic carbocycles. The number of aromatic carboxylic acids is 1. The van der Waals surface area contributed by atoms with E-state index in [9.17, 15) is 22.8 Å². The van der Waals surface area contributed by atoms with Crippen molar-refractivity contribution in [3.8, 4) is 0 Å². The lowest BCUT2D eigenvalue weighted by molar-refractivity contribution is -0.152. The molecular formula is C12H7F3O4. The third-order valence-electron chi connectivity index (χ3n) is 2.60.